The van der Waals surface area contributed by atoms with E-state index < -0.39 is 5.97 Å². The van der Waals surface area contributed by atoms with Gasteiger partial charge in [0.15, 0.2) is 5.69 Å². The van der Waals surface area contributed by atoms with E-state index in [0.717, 1.165) is 16.5 Å². The molecule has 2 amide bonds. The van der Waals surface area contributed by atoms with E-state index in [2.05, 4.69) is 15.3 Å². The van der Waals surface area contributed by atoms with Crippen molar-refractivity contribution in [3.8, 4) is 0 Å². The summed E-state index contributed by atoms with van der Waals surface area (Å²) in [6.07, 6.45) is 3.40. The van der Waals surface area contributed by atoms with Gasteiger partial charge in [0.05, 0.1) is 12.6 Å². The average Bonchev–Trinajstić information content (AvgIpc) is 3.36. The molecule has 0 aliphatic carbocycles. The van der Waals surface area contributed by atoms with Crippen molar-refractivity contribution in [1.82, 2.24) is 29.8 Å². The smallest absolute Gasteiger partial charge is 0.358 e. The number of carbonyl (C=O) groups excluding carboxylic acids is 2. The van der Waals surface area contributed by atoms with E-state index in [1.807, 2.05) is 30.5 Å². The molecule has 3 heterocycles. The highest BCUT2D eigenvalue weighted by atomic mass is 16.4. The SMILES string of the molecule is O=C(O)c1cn(CC(=O)N2CCN(C(=O)Cc3c[nH]c4ccccc34)CC2)nn1. The van der Waals surface area contributed by atoms with Crippen molar-refractivity contribution in [3.63, 3.8) is 0 Å². The lowest BCUT2D eigenvalue weighted by atomic mass is 10.1. The van der Waals surface area contributed by atoms with Crippen LogP contribution in [0, 0.1) is 0 Å². The highest BCUT2D eigenvalue weighted by Gasteiger charge is 2.25. The molecule has 4 rings (SSSR count). The van der Waals surface area contributed by atoms with Gasteiger partial charge in [-0.25, -0.2) is 9.48 Å². The molecule has 10 nitrogen and oxygen atoms in total. The zero-order chi connectivity index (χ0) is 20.4. The summed E-state index contributed by atoms with van der Waals surface area (Å²) >= 11 is 0. The van der Waals surface area contributed by atoms with Crippen LogP contribution in [0.15, 0.2) is 36.7 Å². The molecule has 0 spiro atoms. The number of nitrogens with one attached hydrogen (secondary N) is 1. The molecule has 3 aromatic rings. The maximum atomic E-state index is 12.7. The number of rotatable bonds is 5. The Morgan fingerprint density at radius 2 is 1.72 bits per heavy atom. The first-order valence-corrected chi connectivity index (χ1v) is 9.25. The molecule has 2 N–H and O–H groups in total. The Morgan fingerprint density at radius 3 is 2.41 bits per heavy atom. The second-order valence-electron chi connectivity index (χ2n) is 6.90. The third-order valence-corrected chi connectivity index (χ3v) is 5.06. The number of benzene rings is 1. The minimum Gasteiger partial charge on any atom is -0.476 e. The number of nitrogens with zero attached hydrogens (tertiary/aromatic N) is 5. The number of para-hydroxylation sites is 1. The fourth-order valence-corrected chi connectivity index (χ4v) is 3.47. The van der Waals surface area contributed by atoms with E-state index in [1.165, 1.54) is 10.9 Å². The number of H-pyrrole nitrogens is 1. The van der Waals surface area contributed by atoms with E-state index >= 15 is 0 Å². The van der Waals surface area contributed by atoms with Crippen LogP contribution in [0.25, 0.3) is 10.9 Å². The second kappa shape index (κ2) is 7.74. The first-order chi connectivity index (χ1) is 14.0. The lowest BCUT2D eigenvalue weighted by molar-refractivity contribution is -0.139. The maximum absolute atomic E-state index is 12.7. The molecule has 0 radical (unpaired) electrons. The van der Waals surface area contributed by atoms with Crippen molar-refractivity contribution >= 4 is 28.7 Å². The molecule has 1 saturated heterocycles. The molecule has 29 heavy (non-hydrogen) atoms. The summed E-state index contributed by atoms with van der Waals surface area (Å²) in [7, 11) is 0. The van der Waals surface area contributed by atoms with Gasteiger partial charge in [-0.05, 0) is 11.6 Å². The highest BCUT2D eigenvalue weighted by molar-refractivity contribution is 5.89. The minimum atomic E-state index is -1.19. The van der Waals surface area contributed by atoms with Crippen molar-refractivity contribution in [2.45, 2.75) is 13.0 Å². The quantitative estimate of drug-likeness (QED) is 0.642. The Kier molecular flexibility index (Phi) is 4.98. The Hall–Kier alpha value is -3.69. The number of carbonyl (C=O) groups is 3. The first-order valence-electron chi connectivity index (χ1n) is 9.25. The number of hydrogen-bond donors (Lipinski definition) is 2. The van der Waals surface area contributed by atoms with Crippen molar-refractivity contribution in [1.29, 1.82) is 0 Å². The number of carboxylic acids is 1. The second-order valence-corrected chi connectivity index (χ2v) is 6.90. The van der Waals surface area contributed by atoms with Gasteiger partial charge in [0, 0.05) is 43.3 Å². The van der Waals surface area contributed by atoms with E-state index in [0.29, 0.717) is 32.6 Å². The van der Waals surface area contributed by atoms with Crippen molar-refractivity contribution < 1.29 is 19.5 Å². The van der Waals surface area contributed by atoms with Gasteiger partial charge in [-0.3, -0.25) is 9.59 Å². The molecular formula is C19H20N6O4. The Bertz CT molecular complexity index is 1060. The first kappa shape index (κ1) is 18.7. The van der Waals surface area contributed by atoms with Gasteiger partial charge < -0.3 is 19.9 Å². The topological polar surface area (TPSA) is 124 Å². The molecule has 1 aliphatic rings. The number of aromatic carboxylic acids is 1. The van der Waals surface area contributed by atoms with E-state index in [9.17, 15) is 14.4 Å². The molecule has 1 aliphatic heterocycles. The van der Waals surface area contributed by atoms with E-state index in [-0.39, 0.29) is 24.1 Å². The van der Waals surface area contributed by atoms with Gasteiger partial charge in [0.2, 0.25) is 11.8 Å². The molecule has 0 unspecified atom stereocenters. The van der Waals surface area contributed by atoms with E-state index in [1.54, 1.807) is 9.80 Å². The maximum Gasteiger partial charge on any atom is 0.358 e. The van der Waals surface area contributed by atoms with Gasteiger partial charge in [0.25, 0.3) is 0 Å². The van der Waals surface area contributed by atoms with Crippen LogP contribution >= 0.6 is 0 Å². The van der Waals surface area contributed by atoms with Crippen molar-refractivity contribution in [3.05, 3.63) is 47.9 Å². The van der Waals surface area contributed by atoms with E-state index in [4.69, 9.17) is 5.11 Å². The Morgan fingerprint density at radius 1 is 1.03 bits per heavy atom. The fraction of sp³-hybridized carbons (Fsp3) is 0.316. The molecule has 1 aromatic carbocycles. The van der Waals surface area contributed by atoms with Crippen molar-refractivity contribution in [2.75, 3.05) is 26.2 Å². The summed E-state index contributed by atoms with van der Waals surface area (Å²) in [6.45, 7) is 1.71. The molecule has 0 bridgehead atoms. The van der Waals surface area contributed by atoms with Gasteiger partial charge in [-0.2, -0.15) is 0 Å². The fourth-order valence-electron chi connectivity index (χ4n) is 3.47. The third-order valence-electron chi connectivity index (χ3n) is 5.06. The normalized spacial score (nSPS) is 14.3. The van der Waals surface area contributed by atoms with Gasteiger partial charge in [0.1, 0.15) is 6.54 Å². The van der Waals surface area contributed by atoms with Crippen LogP contribution < -0.4 is 0 Å². The Balaban J connectivity index is 1.30. The number of piperazine rings is 1. The number of aromatic nitrogens is 4. The lowest BCUT2D eigenvalue weighted by Crippen LogP contribution is -2.51. The van der Waals surface area contributed by atoms with Crippen LogP contribution in [0.4, 0.5) is 0 Å². The Labute approximate surface area is 165 Å². The number of fused-ring (bicyclic) bond motifs is 1. The third kappa shape index (κ3) is 3.96. The molecule has 0 atom stereocenters. The summed E-state index contributed by atoms with van der Waals surface area (Å²) in [5, 5.41) is 17.1. The predicted molar refractivity (Wildman–Crippen MR) is 102 cm³/mol. The zero-order valence-electron chi connectivity index (χ0n) is 15.6. The number of amides is 2. The van der Waals surface area contributed by atoms with Crippen LogP contribution in [0.5, 0.6) is 0 Å². The van der Waals surface area contributed by atoms with Gasteiger partial charge >= 0.3 is 5.97 Å². The summed E-state index contributed by atoms with van der Waals surface area (Å²) in [6, 6.07) is 7.86. The summed E-state index contributed by atoms with van der Waals surface area (Å²) in [5.74, 6) is -1.34. The number of aromatic amines is 1. The molecule has 10 heteroatoms. The van der Waals surface area contributed by atoms with Crippen LogP contribution in [0.3, 0.4) is 0 Å². The highest BCUT2D eigenvalue weighted by Crippen LogP contribution is 2.19. The van der Waals surface area contributed by atoms with Crippen LogP contribution in [0.1, 0.15) is 16.1 Å². The summed E-state index contributed by atoms with van der Waals surface area (Å²) in [5.41, 5.74) is 1.76. The number of hydrogen-bond acceptors (Lipinski definition) is 5. The number of carboxylic acid groups (broad SMARTS) is 1. The van der Waals surface area contributed by atoms with Crippen LogP contribution in [-0.2, 0) is 22.6 Å². The molecule has 0 saturated carbocycles. The average molecular weight is 396 g/mol. The van der Waals surface area contributed by atoms with Crippen LogP contribution in [0.2, 0.25) is 0 Å². The van der Waals surface area contributed by atoms with Gasteiger partial charge in [-0.1, -0.05) is 23.4 Å². The molecule has 2 aromatic heterocycles. The molecule has 150 valence electrons. The zero-order valence-corrected chi connectivity index (χ0v) is 15.6. The monoisotopic (exact) mass is 396 g/mol. The van der Waals surface area contributed by atoms with Crippen LogP contribution in [-0.4, -0.2) is 78.8 Å². The summed E-state index contributed by atoms with van der Waals surface area (Å²) < 4.78 is 1.21. The van der Waals surface area contributed by atoms with Gasteiger partial charge in [-0.15, -0.1) is 5.10 Å². The minimum absolute atomic E-state index is 0.0317. The molecule has 1 fully saturated rings. The van der Waals surface area contributed by atoms with Crippen molar-refractivity contribution in [2.24, 2.45) is 0 Å². The molecular weight excluding hydrogens is 376 g/mol. The lowest BCUT2D eigenvalue weighted by Gasteiger charge is -2.34. The summed E-state index contributed by atoms with van der Waals surface area (Å²) in [4.78, 5) is 42.5. The predicted octanol–water partition coefficient (Wildman–Crippen LogP) is 0.371. The largest absolute Gasteiger partial charge is 0.476 e. The standard InChI is InChI=1S/C19H20N6O4/c26-17(9-13-10-20-15-4-2-1-3-14(13)15)23-5-7-24(8-6-23)18(27)12-25-11-16(19(28)29)21-22-25/h1-4,10-11,20H,5-9,12H2,(H,28,29).